The first-order valence-corrected chi connectivity index (χ1v) is 5.26. The molecule has 0 unspecified atom stereocenters. The van der Waals surface area contributed by atoms with Crippen LogP contribution in [0, 0.1) is 6.92 Å². The fourth-order valence-electron chi connectivity index (χ4n) is 0.981. The molecule has 1 aromatic rings. The number of anilines is 1. The quantitative estimate of drug-likeness (QED) is 0.530. The van der Waals surface area contributed by atoms with E-state index in [2.05, 4.69) is 18.3 Å². The van der Waals surface area contributed by atoms with Gasteiger partial charge in [-0.15, -0.1) is 0 Å². The van der Waals surface area contributed by atoms with Gasteiger partial charge in [0.25, 0.3) is 0 Å². The number of aryl methyl sites for hydroxylation is 1. The maximum absolute atomic E-state index is 4.44. The lowest BCUT2D eigenvalue weighted by Crippen LogP contribution is -1.98. The molecule has 0 aromatic carbocycles. The zero-order valence-electron chi connectivity index (χ0n) is 6.37. The summed E-state index contributed by atoms with van der Waals surface area (Å²) in [4.78, 5) is 4.22. The Hall–Kier alpha value is -0.520. The van der Waals surface area contributed by atoms with Crippen molar-refractivity contribution in [3.63, 3.8) is 0 Å². The minimum atomic E-state index is -0.145. The third kappa shape index (κ3) is 1.15. The zero-order chi connectivity index (χ0) is 7.84. The number of aromatic nitrogens is 1. The fraction of sp³-hybridized carbons (Fsp3) is 0.286. The van der Waals surface area contributed by atoms with Crippen LogP contribution in [-0.2, 0) is 0 Å². The molecule has 1 aromatic heterocycles. The van der Waals surface area contributed by atoms with Crippen LogP contribution in [0.2, 0.25) is 0 Å². The van der Waals surface area contributed by atoms with Gasteiger partial charge in [-0.25, -0.2) is 3.15 Å². The van der Waals surface area contributed by atoms with Gasteiger partial charge in [0.15, 0.2) is 0 Å². The van der Waals surface area contributed by atoms with Gasteiger partial charge in [-0.05, 0) is 13.0 Å². The Morgan fingerprint density at radius 2 is 2.36 bits per heavy atom. The molecule has 0 saturated heterocycles. The summed E-state index contributed by atoms with van der Waals surface area (Å²) in [6.45, 7) is 1.99. The minimum absolute atomic E-state index is 0.145. The third-order valence-corrected chi connectivity index (χ3v) is 3.48. The van der Waals surface area contributed by atoms with Crippen LogP contribution in [0.3, 0.4) is 0 Å². The second-order valence-electron chi connectivity index (χ2n) is 2.45. The minimum Gasteiger partial charge on any atom is -0.305 e. The van der Waals surface area contributed by atoms with Gasteiger partial charge in [0, 0.05) is 12.7 Å². The van der Waals surface area contributed by atoms with Gasteiger partial charge in [0.1, 0.15) is 21.3 Å². The highest BCUT2D eigenvalue weighted by molar-refractivity contribution is 14.2. The second-order valence-corrected chi connectivity index (χ2v) is 4.81. The van der Waals surface area contributed by atoms with E-state index in [0.717, 1.165) is 11.4 Å². The Morgan fingerprint density at radius 1 is 1.55 bits per heavy atom. The Kier molecular flexibility index (Phi) is 1.63. The molecule has 3 nitrogen and oxygen atoms in total. The van der Waals surface area contributed by atoms with Crippen LogP contribution >= 0.6 is 21.3 Å². The SMILES string of the molecule is Cc1cc2c(cn1)N(C)I=N2. The van der Waals surface area contributed by atoms with E-state index >= 15 is 0 Å². The Bertz CT molecular complexity index is 321. The van der Waals surface area contributed by atoms with Gasteiger partial charge < -0.3 is 3.11 Å². The van der Waals surface area contributed by atoms with E-state index in [1.54, 1.807) is 0 Å². The Labute approximate surface area is 76.0 Å². The molecule has 0 N–H and O–H groups in total. The van der Waals surface area contributed by atoms with Gasteiger partial charge >= 0.3 is 0 Å². The lowest BCUT2D eigenvalue weighted by molar-refractivity contribution is 1.19. The number of rotatable bonds is 0. The molecule has 1 aliphatic heterocycles. The highest BCUT2D eigenvalue weighted by atomic mass is 127. The van der Waals surface area contributed by atoms with Crippen LogP contribution in [0.1, 0.15) is 5.69 Å². The van der Waals surface area contributed by atoms with Crippen molar-refractivity contribution in [2.75, 3.05) is 10.2 Å². The summed E-state index contributed by atoms with van der Waals surface area (Å²) in [5, 5.41) is 0. The van der Waals surface area contributed by atoms with Gasteiger partial charge in [0.2, 0.25) is 0 Å². The van der Waals surface area contributed by atoms with Gasteiger partial charge in [-0.1, -0.05) is 0 Å². The van der Waals surface area contributed by atoms with Crippen molar-refractivity contribution in [1.29, 1.82) is 0 Å². The summed E-state index contributed by atoms with van der Waals surface area (Å²) in [6.07, 6.45) is 1.90. The smallest absolute Gasteiger partial charge is 0.121 e. The summed E-state index contributed by atoms with van der Waals surface area (Å²) in [7, 11) is 2.07. The predicted octanol–water partition coefficient (Wildman–Crippen LogP) is 2.54. The van der Waals surface area contributed by atoms with E-state index in [1.807, 2.05) is 19.2 Å². The van der Waals surface area contributed by atoms with Crippen molar-refractivity contribution >= 4 is 32.7 Å². The molecular formula is C7H8IN3. The number of pyridine rings is 1. The molecule has 0 spiro atoms. The fourth-order valence-corrected chi connectivity index (χ4v) is 2.53. The van der Waals surface area contributed by atoms with Crippen LogP contribution in [0.5, 0.6) is 0 Å². The first kappa shape index (κ1) is 7.15. The summed E-state index contributed by atoms with van der Waals surface area (Å²) in [6, 6.07) is 2.04. The largest absolute Gasteiger partial charge is 0.305 e. The van der Waals surface area contributed by atoms with Crippen molar-refractivity contribution in [3.8, 4) is 0 Å². The molecule has 2 heterocycles. The molecule has 1 aliphatic rings. The molecule has 0 aliphatic carbocycles. The van der Waals surface area contributed by atoms with Gasteiger partial charge in [0.05, 0.1) is 17.6 Å². The molecule has 11 heavy (non-hydrogen) atoms. The number of hydrogen-bond donors (Lipinski definition) is 0. The van der Waals surface area contributed by atoms with Crippen LogP contribution in [-0.4, -0.2) is 12.0 Å². The van der Waals surface area contributed by atoms with Crippen LogP contribution < -0.4 is 3.11 Å². The second kappa shape index (κ2) is 2.51. The molecule has 0 bridgehead atoms. The molecule has 0 atom stereocenters. The first-order valence-electron chi connectivity index (χ1n) is 3.33. The first-order chi connectivity index (χ1) is 5.27. The van der Waals surface area contributed by atoms with E-state index in [-0.39, 0.29) is 21.3 Å². The number of nitrogens with zero attached hydrogens (tertiary/aromatic N) is 3. The van der Waals surface area contributed by atoms with Crippen molar-refractivity contribution in [2.24, 2.45) is 3.15 Å². The average Bonchev–Trinajstić information content (AvgIpc) is 2.32. The number of halogens is 1. The molecule has 0 radical (unpaired) electrons. The molecule has 2 rings (SSSR count). The van der Waals surface area contributed by atoms with E-state index in [9.17, 15) is 0 Å². The Balaban J connectivity index is 2.58. The van der Waals surface area contributed by atoms with Crippen LogP contribution in [0.15, 0.2) is 15.4 Å². The molecule has 0 fully saturated rings. The van der Waals surface area contributed by atoms with E-state index < -0.39 is 0 Å². The van der Waals surface area contributed by atoms with E-state index in [0.29, 0.717) is 0 Å². The average molecular weight is 261 g/mol. The molecular weight excluding hydrogens is 253 g/mol. The lowest BCUT2D eigenvalue weighted by atomic mass is 10.3. The van der Waals surface area contributed by atoms with E-state index in [1.165, 1.54) is 5.69 Å². The molecule has 0 saturated carbocycles. The maximum atomic E-state index is 4.44. The van der Waals surface area contributed by atoms with Crippen molar-refractivity contribution in [3.05, 3.63) is 18.0 Å². The highest BCUT2D eigenvalue weighted by Gasteiger charge is 2.11. The summed E-state index contributed by atoms with van der Waals surface area (Å²) >= 11 is -0.145. The lowest BCUT2D eigenvalue weighted by Gasteiger charge is -2.05. The number of fused-ring (bicyclic) bond motifs is 1. The van der Waals surface area contributed by atoms with E-state index in [4.69, 9.17) is 0 Å². The standard InChI is InChI=1S/C7H8IN3/c1-5-3-6-7(4-9-5)11(2)8-10-6/h3-4H,1-2H3. The zero-order valence-corrected chi connectivity index (χ0v) is 8.53. The maximum Gasteiger partial charge on any atom is 0.121 e. The topological polar surface area (TPSA) is 28.5 Å². The van der Waals surface area contributed by atoms with Gasteiger partial charge in [-0.2, -0.15) is 0 Å². The van der Waals surface area contributed by atoms with Gasteiger partial charge in [-0.3, -0.25) is 4.98 Å². The van der Waals surface area contributed by atoms with Crippen molar-refractivity contribution in [2.45, 2.75) is 6.92 Å². The monoisotopic (exact) mass is 261 g/mol. The number of hydrogen-bond acceptors (Lipinski definition) is 3. The predicted molar refractivity (Wildman–Crippen MR) is 53.5 cm³/mol. The molecule has 58 valence electrons. The normalized spacial score (nSPS) is 14.5. The highest BCUT2D eigenvalue weighted by Crippen LogP contribution is 2.40. The third-order valence-electron chi connectivity index (χ3n) is 1.57. The molecule has 4 heteroatoms. The molecule has 0 amide bonds. The summed E-state index contributed by atoms with van der Waals surface area (Å²) in [5.41, 5.74) is 3.35. The summed E-state index contributed by atoms with van der Waals surface area (Å²) < 4.78 is 6.63. The van der Waals surface area contributed by atoms with Crippen LogP contribution in [0.25, 0.3) is 0 Å². The van der Waals surface area contributed by atoms with Crippen molar-refractivity contribution < 1.29 is 0 Å². The van der Waals surface area contributed by atoms with Crippen molar-refractivity contribution in [1.82, 2.24) is 4.98 Å². The van der Waals surface area contributed by atoms with Crippen LogP contribution in [0.4, 0.5) is 11.4 Å². The summed E-state index contributed by atoms with van der Waals surface area (Å²) in [5.74, 6) is 0. The Morgan fingerprint density at radius 3 is 3.18 bits per heavy atom.